The van der Waals surface area contributed by atoms with E-state index in [9.17, 15) is 17.6 Å². The van der Waals surface area contributed by atoms with Crippen LogP contribution in [0.15, 0.2) is 53.7 Å². The highest BCUT2D eigenvalue weighted by molar-refractivity contribution is 7.89. The molecule has 1 aliphatic rings. The van der Waals surface area contributed by atoms with Gasteiger partial charge in [0, 0.05) is 31.4 Å². The Morgan fingerprint density at radius 3 is 2.46 bits per heavy atom. The summed E-state index contributed by atoms with van der Waals surface area (Å²) in [6.07, 6.45) is 6.47. The minimum absolute atomic E-state index is 0.0363. The average Bonchev–Trinajstić information content (AvgIpc) is 2.72. The van der Waals surface area contributed by atoms with E-state index in [0.29, 0.717) is 13.1 Å². The Labute approximate surface area is 164 Å². The number of pyridine rings is 1. The van der Waals surface area contributed by atoms with Gasteiger partial charge in [-0.15, -0.1) is 0 Å². The molecule has 1 amide bonds. The largest absolute Gasteiger partial charge is 0.352 e. The first-order valence-electron chi connectivity index (χ1n) is 9.36. The van der Waals surface area contributed by atoms with E-state index in [4.69, 9.17) is 0 Å². The van der Waals surface area contributed by atoms with Gasteiger partial charge in [0.2, 0.25) is 15.9 Å². The summed E-state index contributed by atoms with van der Waals surface area (Å²) in [6, 6.07) is 8.51. The smallest absolute Gasteiger partial charge is 0.240 e. The highest BCUT2D eigenvalue weighted by atomic mass is 32.2. The summed E-state index contributed by atoms with van der Waals surface area (Å²) in [7, 11) is -3.65. The second-order valence-electron chi connectivity index (χ2n) is 7.10. The molecular weight excluding hydrogens is 381 g/mol. The lowest BCUT2D eigenvalue weighted by atomic mass is 9.81. The monoisotopic (exact) mass is 405 g/mol. The van der Waals surface area contributed by atoms with E-state index in [1.807, 2.05) is 12.1 Å². The molecule has 150 valence electrons. The number of aromatic nitrogens is 1. The number of hydrogen-bond donors (Lipinski definition) is 2. The van der Waals surface area contributed by atoms with Gasteiger partial charge in [-0.1, -0.05) is 6.07 Å². The van der Waals surface area contributed by atoms with Crippen molar-refractivity contribution in [3.05, 3.63) is 60.2 Å². The molecule has 0 bridgehead atoms. The molecule has 0 saturated heterocycles. The Morgan fingerprint density at radius 1 is 1.11 bits per heavy atom. The lowest BCUT2D eigenvalue weighted by molar-refractivity contribution is -0.126. The molecule has 28 heavy (non-hydrogen) atoms. The van der Waals surface area contributed by atoms with Crippen molar-refractivity contribution in [2.45, 2.75) is 37.1 Å². The molecule has 6 nitrogen and oxygen atoms in total. The van der Waals surface area contributed by atoms with Crippen molar-refractivity contribution in [2.75, 3.05) is 6.54 Å². The van der Waals surface area contributed by atoms with E-state index < -0.39 is 15.8 Å². The molecule has 1 aromatic carbocycles. The van der Waals surface area contributed by atoms with Gasteiger partial charge in [-0.25, -0.2) is 17.5 Å². The van der Waals surface area contributed by atoms with Gasteiger partial charge >= 0.3 is 0 Å². The van der Waals surface area contributed by atoms with Crippen LogP contribution in [0.4, 0.5) is 4.39 Å². The molecule has 0 unspecified atom stereocenters. The minimum Gasteiger partial charge on any atom is -0.352 e. The van der Waals surface area contributed by atoms with Gasteiger partial charge in [-0.2, -0.15) is 0 Å². The summed E-state index contributed by atoms with van der Waals surface area (Å²) in [5.41, 5.74) is 0.958. The molecule has 1 aromatic heterocycles. The first-order valence-corrected chi connectivity index (χ1v) is 10.8. The maximum absolute atomic E-state index is 13.0. The van der Waals surface area contributed by atoms with Crippen LogP contribution in [0.25, 0.3) is 0 Å². The second-order valence-corrected chi connectivity index (χ2v) is 8.87. The predicted molar refractivity (Wildman–Crippen MR) is 103 cm³/mol. The number of nitrogens with zero attached hydrogens (tertiary/aromatic N) is 1. The van der Waals surface area contributed by atoms with Crippen LogP contribution in [-0.4, -0.2) is 25.9 Å². The van der Waals surface area contributed by atoms with E-state index in [0.717, 1.165) is 43.4 Å². The van der Waals surface area contributed by atoms with Crippen molar-refractivity contribution in [3.63, 3.8) is 0 Å². The SMILES string of the molecule is O=C(NCc1cccnc1)C1CCC(CNS(=O)(=O)c2ccc(F)cc2)CC1. The fourth-order valence-corrected chi connectivity index (χ4v) is 4.51. The number of hydrogen-bond acceptors (Lipinski definition) is 4. The Bertz CT molecular complexity index is 881. The zero-order valence-corrected chi connectivity index (χ0v) is 16.3. The zero-order valence-electron chi connectivity index (χ0n) is 15.5. The van der Waals surface area contributed by atoms with E-state index >= 15 is 0 Å². The van der Waals surface area contributed by atoms with Gasteiger partial charge in [0.05, 0.1) is 4.90 Å². The van der Waals surface area contributed by atoms with Gasteiger partial charge in [-0.05, 0) is 67.5 Å². The van der Waals surface area contributed by atoms with Gasteiger partial charge in [0.15, 0.2) is 0 Å². The molecule has 0 aliphatic heterocycles. The van der Waals surface area contributed by atoms with Crippen molar-refractivity contribution >= 4 is 15.9 Å². The number of halogens is 1. The molecule has 0 spiro atoms. The Kier molecular flexibility index (Phi) is 6.74. The topological polar surface area (TPSA) is 88.2 Å². The van der Waals surface area contributed by atoms with Gasteiger partial charge in [0.25, 0.3) is 0 Å². The normalized spacial score (nSPS) is 19.9. The second kappa shape index (κ2) is 9.25. The third kappa shape index (κ3) is 5.59. The summed E-state index contributed by atoms with van der Waals surface area (Å²) in [5, 5.41) is 2.94. The average molecular weight is 405 g/mol. The van der Waals surface area contributed by atoms with Crippen LogP contribution in [0, 0.1) is 17.7 Å². The van der Waals surface area contributed by atoms with Crippen molar-refractivity contribution in [2.24, 2.45) is 11.8 Å². The van der Waals surface area contributed by atoms with E-state index in [1.54, 1.807) is 12.4 Å². The summed E-state index contributed by atoms with van der Waals surface area (Å²) in [5.74, 6) is -0.285. The molecule has 2 aromatic rings. The minimum atomic E-state index is -3.65. The van der Waals surface area contributed by atoms with Crippen LogP contribution < -0.4 is 10.0 Å². The van der Waals surface area contributed by atoms with Crippen molar-refractivity contribution < 1.29 is 17.6 Å². The van der Waals surface area contributed by atoms with Gasteiger partial charge < -0.3 is 5.32 Å². The summed E-state index contributed by atoms with van der Waals surface area (Å²) < 4.78 is 40.1. The molecule has 0 radical (unpaired) electrons. The van der Waals surface area contributed by atoms with Gasteiger partial charge in [-0.3, -0.25) is 9.78 Å². The number of carbonyl (C=O) groups is 1. The lowest BCUT2D eigenvalue weighted by Gasteiger charge is -2.27. The molecular formula is C20H24FN3O3S. The molecule has 1 aliphatic carbocycles. The van der Waals surface area contributed by atoms with Crippen LogP contribution >= 0.6 is 0 Å². The first-order chi connectivity index (χ1) is 13.4. The summed E-state index contributed by atoms with van der Waals surface area (Å²) in [4.78, 5) is 16.4. The third-order valence-corrected chi connectivity index (χ3v) is 6.53. The fraction of sp³-hybridized carbons (Fsp3) is 0.400. The maximum atomic E-state index is 13.0. The molecule has 0 atom stereocenters. The quantitative estimate of drug-likeness (QED) is 0.741. The molecule has 1 saturated carbocycles. The standard InChI is InChI=1S/C20H24FN3O3S/c21-18-7-9-19(10-8-18)28(26,27)24-14-15-3-5-17(6-4-15)20(25)23-13-16-2-1-11-22-12-16/h1-2,7-12,15,17,24H,3-6,13-14H2,(H,23,25). The third-order valence-electron chi connectivity index (χ3n) is 5.09. The highest BCUT2D eigenvalue weighted by Gasteiger charge is 2.27. The van der Waals surface area contributed by atoms with Crippen LogP contribution in [0.5, 0.6) is 0 Å². The van der Waals surface area contributed by atoms with E-state index in [2.05, 4.69) is 15.0 Å². The Balaban J connectivity index is 1.42. The number of carbonyl (C=O) groups excluding carboxylic acids is 1. The molecule has 2 N–H and O–H groups in total. The van der Waals surface area contributed by atoms with E-state index in [-0.39, 0.29) is 22.6 Å². The first kappa shape index (κ1) is 20.4. The predicted octanol–water partition coefficient (Wildman–Crippen LogP) is 2.62. The highest BCUT2D eigenvalue weighted by Crippen LogP contribution is 2.29. The van der Waals surface area contributed by atoms with E-state index in [1.165, 1.54) is 12.1 Å². The zero-order chi connectivity index (χ0) is 20.0. The lowest BCUT2D eigenvalue weighted by Crippen LogP contribution is -2.36. The van der Waals surface area contributed by atoms with Gasteiger partial charge in [0.1, 0.15) is 5.82 Å². The summed E-state index contributed by atoms with van der Waals surface area (Å²) >= 11 is 0. The maximum Gasteiger partial charge on any atom is 0.240 e. The number of sulfonamides is 1. The Hall–Kier alpha value is -2.32. The number of benzene rings is 1. The van der Waals surface area contributed by atoms with Crippen LogP contribution in [0.1, 0.15) is 31.2 Å². The van der Waals surface area contributed by atoms with Crippen molar-refractivity contribution in [1.82, 2.24) is 15.0 Å². The molecule has 3 rings (SSSR count). The molecule has 1 heterocycles. The van der Waals surface area contributed by atoms with Crippen LogP contribution in [0.2, 0.25) is 0 Å². The van der Waals surface area contributed by atoms with Crippen LogP contribution in [0.3, 0.4) is 0 Å². The molecule has 1 fully saturated rings. The Morgan fingerprint density at radius 2 is 1.82 bits per heavy atom. The van der Waals surface area contributed by atoms with Crippen LogP contribution in [-0.2, 0) is 21.4 Å². The van der Waals surface area contributed by atoms with Crippen molar-refractivity contribution in [3.8, 4) is 0 Å². The van der Waals surface area contributed by atoms with Crippen molar-refractivity contribution in [1.29, 1.82) is 0 Å². The fourth-order valence-electron chi connectivity index (χ4n) is 3.39. The molecule has 8 heteroatoms. The number of rotatable bonds is 7. The summed E-state index contributed by atoms with van der Waals surface area (Å²) in [6.45, 7) is 0.786. The number of amides is 1. The number of nitrogens with one attached hydrogen (secondary N) is 2.